The van der Waals surface area contributed by atoms with Gasteiger partial charge in [-0.25, -0.2) is 4.98 Å². The average Bonchev–Trinajstić information content (AvgIpc) is 3.00. The highest BCUT2D eigenvalue weighted by Gasteiger charge is 2.18. The molecule has 5 nitrogen and oxygen atoms in total. The van der Waals surface area contributed by atoms with E-state index in [2.05, 4.69) is 22.5 Å². The molecule has 0 aliphatic rings. The molecule has 2 aromatic heterocycles. The lowest BCUT2D eigenvalue weighted by Gasteiger charge is -2.13. The molecule has 0 N–H and O–H groups in total. The molecule has 0 aliphatic heterocycles. The van der Waals surface area contributed by atoms with Crippen LogP contribution in [-0.4, -0.2) is 27.1 Å². The van der Waals surface area contributed by atoms with Crippen molar-refractivity contribution in [1.29, 1.82) is 0 Å². The average molecular weight is 351 g/mol. The Labute approximate surface area is 154 Å². The standard InChI is InChI=1S/C21H25N3O2/c1-6-19-23-20-15(5)22-13(3)12-18(20)24(19)17-10-8-16(9-11-17)14(4)21(25)26-7-2/h8-12,14H,6-7H2,1-5H3. The second kappa shape index (κ2) is 7.28. The van der Waals surface area contributed by atoms with Gasteiger partial charge in [0.15, 0.2) is 0 Å². The van der Waals surface area contributed by atoms with E-state index in [1.807, 2.05) is 52.0 Å². The van der Waals surface area contributed by atoms with E-state index in [9.17, 15) is 4.79 Å². The Bertz CT molecular complexity index is 942. The van der Waals surface area contributed by atoms with Gasteiger partial charge in [0.1, 0.15) is 11.3 Å². The SMILES string of the molecule is CCOC(=O)C(C)c1ccc(-n2c(CC)nc3c(C)nc(C)cc32)cc1. The molecule has 1 unspecified atom stereocenters. The predicted octanol–water partition coefficient (Wildman–Crippen LogP) is 4.27. The van der Waals surface area contributed by atoms with Crippen LogP contribution < -0.4 is 0 Å². The third-order valence-electron chi connectivity index (χ3n) is 4.62. The molecular weight excluding hydrogens is 326 g/mol. The van der Waals surface area contributed by atoms with E-state index in [0.717, 1.165) is 45.9 Å². The van der Waals surface area contributed by atoms with E-state index < -0.39 is 0 Å². The highest BCUT2D eigenvalue weighted by molar-refractivity contribution is 5.81. The highest BCUT2D eigenvalue weighted by Crippen LogP contribution is 2.26. The first kappa shape index (κ1) is 18.1. The number of esters is 1. The number of hydrogen-bond acceptors (Lipinski definition) is 4. The molecular formula is C21H25N3O2. The van der Waals surface area contributed by atoms with Crippen LogP contribution in [0.25, 0.3) is 16.7 Å². The van der Waals surface area contributed by atoms with Gasteiger partial charge in [-0.05, 0) is 51.5 Å². The maximum atomic E-state index is 12.0. The number of ether oxygens (including phenoxy) is 1. The van der Waals surface area contributed by atoms with Gasteiger partial charge in [-0.1, -0.05) is 19.1 Å². The van der Waals surface area contributed by atoms with Crippen LogP contribution in [0.15, 0.2) is 30.3 Å². The molecule has 3 rings (SSSR count). The molecule has 136 valence electrons. The molecule has 0 radical (unpaired) electrons. The van der Waals surface area contributed by atoms with Crippen molar-refractivity contribution in [3.05, 3.63) is 53.1 Å². The molecule has 0 spiro atoms. The van der Waals surface area contributed by atoms with E-state index in [1.165, 1.54) is 0 Å². The summed E-state index contributed by atoms with van der Waals surface area (Å²) in [5.74, 6) is 0.532. The molecule has 1 aromatic carbocycles. The van der Waals surface area contributed by atoms with Gasteiger partial charge >= 0.3 is 5.97 Å². The summed E-state index contributed by atoms with van der Waals surface area (Å²) in [6.45, 7) is 10.2. The normalized spacial score (nSPS) is 12.3. The summed E-state index contributed by atoms with van der Waals surface area (Å²) >= 11 is 0. The van der Waals surface area contributed by atoms with Crippen molar-refractivity contribution in [2.24, 2.45) is 0 Å². The van der Waals surface area contributed by atoms with E-state index in [-0.39, 0.29) is 11.9 Å². The van der Waals surface area contributed by atoms with Gasteiger partial charge in [0.05, 0.1) is 23.7 Å². The largest absolute Gasteiger partial charge is 0.466 e. The zero-order valence-electron chi connectivity index (χ0n) is 16.0. The number of benzene rings is 1. The molecule has 0 fully saturated rings. The molecule has 1 atom stereocenters. The fourth-order valence-corrected chi connectivity index (χ4v) is 3.27. The third kappa shape index (κ3) is 3.21. The smallest absolute Gasteiger partial charge is 0.313 e. The van der Waals surface area contributed by atoms with Crippen molar-refractivity contribution in [2.45, 2.75) is 47.0 Å². The lowest BCUT2D eigenvalue weighted by Crippen LogP contribution is -2.13. The van der Waals surface area contributed by atoms with Crippen LogP contribution in [0, 0.1) is 13.8 Å². The van der Waals surface area contributed by atoms with Crippen LogP contribution >= 0.6 is 0 Å². The summed E-state index contributed by atoms with van der Waals surface area (Å²) in [5.41, 5.74) is 5.92. The summed E-state index contributed by atoms with van der Waals surface area (Å²) in [6, 6.07) is 10.1. The first-order chi connectivity index (χ1) is 12.5. The number of hydrogen-bond donors (Lipinski definition) is 0. The van der Waals surface area contributed by atoms with Crippen molar-refractivity contribution >= 4 is 17.0 Å². The van der Waals surface area contributed by atoms with E-state index in [0.29, 0.717) is 6.61 Å². The van der Waals surface area contributed by atoms with Crippen molar-refractivity contribution in [3.63, 3.8) is 0 Å². The molecule has 0 saturated heterocycles. The third-order valence-corrected chi connectivity index (χ3v) is 4.62. The van der Waals surface area contributed by atoms with Gasteiger partial charge < -0.3 is 4.74 Å². The summed E-state index contributed by atoms with van der Waals surface area (Å²) in [4.78, 5) is 21.3. The Hall–Kier alpha value is -2.69. The maximum absolute atomic E-state index is 12.0. The van der Waals surface area contributed by atoms with Crippen molar-refractivity contribution in [1.82, 2.24) is 14.5 Å². The predicted molar refractivity (Wildman–Crippen MR) is 103 cm³/mol. The zero-order valence-corrected chi connectivity index (χ0v) is 16.0. The Balaban J connectivity index is 2.05. The Morgan fingerprint density at radius 1 is 1.15 bits per heavy atom. The molecule has 0 bridgehead atoms. The van der Waals surface area contributed by atoms with E-state index in [1.54, 1.807) is 0 Å². The molecule has 26 heavy (non-hydrogen) atoms. The second-order valence-corrected chi connectivity index (χ2v) is 6.50. The monoisotopic (exact) mass is 351 g/mol. The number of aromatic nitrogens is 3. The van der Waals surface area contributed by atoms with Crippen LogP contribution in [0.3, 0.4) is 0 Å². The topological polar surface area (TPSA) is 57.0 Å². The molecule has 0 amide bonds. The molecule has 3 aromatic rings. The molecule has 0 aliphatic carbocycles. The molecule has 2 heterocycles. The van der Waals surface area contributed by atoms with Gasteiger partial charge in [-0.2, -0.15) is 0 Å². The maximum Gasteiger partial charge on any atom is 0.313 e. The van der Waals surface area contributed by atoms with Crippen LogP contribution in [0.1, 0.15) is 49.5 Å². The Morgan fingerprint density at radius 3 is 2.46 bits per heavy atom. The van der Waals surface area contributed by atoms with Crippen molar-refractivity contribution < 1.29 is 9.53 Å². The number of nitrogens with zero attached hydrogens (tertiary/aromatic N) is 3. The number of rotatable bonds is 5. The zero-order chi connectivity index (χ0) is 18.8. The molecule has 5 heteroatoms. The van der Waals surface area contributed by atoms with Gasteiger partial charge in [-0.3, -0.25) is 14.3 Å². The van der Waals surface area contributed by atoms with Gasteiger partial charge in [0.25, 0.3) is 0 Å². The molecule has 0 saturated carbocycles. The quantitative estimate of drug-likeness (QED) is 0.644. The first-order valence-corrected chi connectivity index (χ1v) is 9.08. The number of fused-ring (bicyclic) bond motifs is 1. The fraction of sp³-hybridized carbons (Fsp3) is 0.381. The minimum atomic E-state index is -0.275. The minimum Gasteiger partial charge on any atom is -0.466 e. The fourth-order valence-electron chi connectivity index (χ4n) is 3.27. The summed E-state index contributed by atoms with van der Waals surface area (Å²) in [7, 11) is 0. The summed E-state index contributed by atoms with van der Waals surface area (Å²) < 4.78 is 7.30. The Morgan fingerprint density at radius 2 is 1.85 bits per heavy atom. The Kier molecular flexibility index (Phi) is 5.07. The number of carbonyl (C=O) groups excluding carboxylic acids is 1. The van der Waals surface area contributed by atoms with Gasteiger partial charge in [0, 0.05) is 17.8 Å². The second-order valence-electron chi connectivity index (χ2n) is 6.50. The first-order valence-electron chi connectivity index (χ1n) is 9.08. The minimum absolute atomic E-state index is 0.195. The summed E-state index contributed by atoms with van der Waals surface area (Å²) in [5, 5.41) is 0. The van der Waals surface area contributed by atoms with Gasteiger partial charge in [0.2, 0.25) is 0 Å². The lowest BCUT2D eigenvalue weighted by molar-refractivity contribution is -0.144. The highest BCUT2D eigenvalue weighted by atomic mass is 16.5. The number of pyridine rings is 1. The lowest BCUT2D eigenvalue weighted by atomic mass is 10.0. The van der Waals surface area contributed by atoms with Crippen LogP contribution in [0.2, 0.25) is 0 Å². The van der Waals surface area contributed by atoms with Crippen LogP contribution in [0.4, 0.5) is 0 Å². The van der Waals surface area contributed by atoms with E-state index >= 15 is 0 Å². The van der Waals surface area contributed by atoms with E-state index in [4.69, 9.17) is 9.72 Å². The van der Waals surface area contributed by atoms with Crippen molar-refractivity contribution in [3.8, 4) is 5.69 Å². The number of imidazole rings is 1. The van der Waals surface area contributed by atoms with Crippen molar-refractivity contribution in [2.75, 3.05) is 6.61 Å². The van der Waals surface area contributed by atoms with Crippen LogP contribution in [-0.2, 0) is 16.0 Å². The summed E-state index contributed by atoms with van der Waals surface area (Å²) in [6.07, 6.45) is 0.828. The van der Waals surface area contributed by atoms with Crippen LogP contribution in [0.5, 0.6) is 0 Å². The van der Waals surface area contributed by atoms with Gasteiger partial charge in [-0.15, -0.1) is 0 Å². The number of aryl methyl sites for hydroxylation is 3. The number of carbonyl (C=O) groups is 1.